The third kappa shape index (κ3) is 3.77. The van der Waals surface area contributed by atoms with Crippen molar-refractivity contribution in [2.75, 3.05) is 13.1 Å². The molecule has 0 amide bonds. The monoisotopic (exact) mass is 360 g/mol. The zero-order valence-corrected chi connectivity index (χ0v) is 16.9. The number of sulfonamides is 1. The number of aromatic nitrogens is 1. The van der Waals surface area contributed by atoms with Crippen molar-refractivity contribution >= 4 is 10.0 Å². The molecule has 136 valence electrons. The molecule has 5 heteroatoms. The Labute approximate surface area is 152 Å². The Balaban J connectivity index is 2.42. The fraction of sp³-hybridized carbons (Fsp3) is 0.450. The van der Waals surface area contributed by atoms with Crippen molar-refractivity contribution in [1.82, 2.24) is 9.29 Å². The van der Waals surface area contributed by atoms with E-state index in [2.05, 4.69) is 11.9 Å². The average molecular weight is 361 g/mol. The number of nitrogens with zero attached hydrogens (tertiary/aromatic N) is 2. The summed E-state index contributed by atoms with van der Waals surface area (Å²) < 4.78 is 28.3. The minimum atomic E-state index is -3.54. The standard InChI is InChI=1S/C20H28N2O2S/c1-7-22(13-11-19-10-8-9-12-21-19)25(23,24)20-17(5)15(3)14(2)16(4)18(20)6/h8-10,12H,7,11,13H2,1-6H3. The van der Waals surface area contributed by atoms with Crippen molar-refractivity contribution in [3.05, 3.63) is 57.9 Å². The van der Waals surface area contributed by atoms with Crippen molar-refractivity contribution in [2.45, 2.75) is 52.9 Å². The second-order valence-corrected chi connectivity index (χ2v) is 8.40. The molecule has 0 saturated carbocycles. The largest absolute Gasteiger partial charge is 0.261 e. The third-order valence-electron chi connectivity index (χ3n) is 5.23. The molecule has 1 heterocycles. The maximum atomic E-state index is 13.3. The van der Waals surface area contributed by atoms with Gasteiger partial charge in [-0.1, -0.05) is 13.0 Å². The predicted molar refractivity (Wildman–Crippen MR) is 103 cm³/mol. The van der Waals surface area contributed by atoms with E-state index in [1.54, 1.807) is 10.5 Å². The van der Waals surface area contributed by atoms with Gasteiger partial charge in [-0.05, 0) is 74.6 Å². The Hall–Kier alpha value is -1.72. The quantitative estimate of drug-likeness (QED) is 0.785. The number of hydrogen-bond donors (Lipinski definition) is 0. The summed E-state index contributed by atoms with van der Waals surface area (Å²) >= 11 is 0. The Bertz CT molecular complexity index is 830. The van der Waals surface area contributed by atoms with Crippen LogP contribution in [0.3, 0.4) is 0 Å². The van der Waals surface area contributed by atoms with Crippen LogP contribution < -0.4 is 0 Å². The first-order valence-corrected chi connectivity index (χ1v) is 10.1. The van der Waals surface area contributed by atoms with E-state index in [1.807, 2.05) is 52.8 Å². The lowest BCUT2D eigenvalue weighted by Crippen LogP contribution is -2.34. The maximum Gasteiger partial charge on any atom is 0.243 e. The summed E-state index contributed by atoms with van der Waals surface area (Å²) in [4.78, 5) is 4.76. The van der Waals surface area contributed by atoms with Gasteiger partial charge in [-0.25, -0.2) is 8.42 Å². The van der Waals surface area contributed by atoms with E-state index in [1.165, 1.54) is 5.56 Å². The fourth-order valence-electron chi connectivity index (χ4n) is 3.22. The summed E-state index contributed by atoms with van der Waals surface area (Å²) in [5, 5.41) is 0. The van der Waals surface area contributed by atoms with Crippen LogP contribution in [-0.2, 0) is 16.4 Å². The van der Waals surface area contributed by atoms with Gasteiger partial charge in [-0.2, -0.15) is 4.31 Å². The molecule has 25 heavy (non-hydrogen) atoms. The van der Waals surface area contributed by atoms with Crippen LogP contribution in [0.1, 0.15) is 40.4 Å². The second kappa shape index (κ2) is 7.67. The summed E-state index contributed by atoms with van der Waals surface area (Å²) in [6, 6.07) is 5.72. The first-order chi connectivity index (χ1) is 11.7. The van der Waals surface area contributed by atoms with Crippen LogP contribution in [0.2, 0.25) is 0 Å². The highest BCUT2D eigenvalue weighted by Crippen LogP contribution is 2.31. The molecule has 1 aromatic carbocycles. The van der Waals surface area contributed by atoms with E-state index in [-0.39, 0.29) is 0 Å². The molecule has 2 aromatic rings. The minimum absolute atomic E-state index is 0.431. The summed E-state index contributed by atoms with van der Waals surface area (Å²) in [6.07, 6.45) is 2.34. The van der Waals surface area contributed by atoms with Crippen molar-refractivity contribution < 1.29 is 8.42 Å². The molecule has 0 radical (unpaired) electrons. The molecule has 4 nitrogen and oxygen atoms in total. The Morgan fingerprint density at radius 1 is 0.920 bits per heavy atom. The SMILES string of the molecule is CCN(CCc1ccccn1)S(=O)(=O)c1c(C)c(C)c(C)c(C)c1C. The minimum Gasteiger partial charge on any atom is -0.261 e. The smallest absolute Gasteiger partial charge is 0.243 e. The van der Waals surface area contributed by atoms with Crippen LogP contribution in [-0.4, -0.2) is 30.8 Å². The van der Waals surface area contributed by atoms with Crippen LogP contribution in [0.15, 0.2) is 29.3 Å². The summed E-state index contributed by atoms with van der Waals surface area (Å²) in [5.41, 5.74) is 5.91. The molecule has 0 aliphatic carbocycles. The van der Waals surface area contributed by atoms with Gasteiger partial charge in [-0.3, -0.25) is 4.98 Å². The van der Waals surface area contributed by atoms with E-state index >= 15 is 0 Å². The predicted octanol–water partition coefficient (Wildman–Crippen LogP) is 3.88. The molecule has 1 aromatic heterocycles. The van der Waals surface area contributed by atoms with Gasteiger partial charge < -0.3 is 0 Å². The van der Waals surface area contributed by atoms with Crippen LogP contribution in [0.4, 0.5) is 0 Å². The molecular weight excluding hydrogens is 332 g/mol. The molecule has 0 N–H and O–H groups in total. The Kier molecular flexibility index (Phi) is 6.01. The van der Waals surface area contributed by atoms with Crippen molar-refractivity contribution in [1.29, 1.82) is 0 Å². The molecule has 2 rings (SSSR count). The van der Waals surface area contributed by atoms with Gasteiger partial charge >= 0.3 is 0 Å². The van der Waals surface area contributed by atoms with E-state index in [0.29, 0.717) is 24.4 Å². The van der Waals surface area contributed by atoms with Gasteiger partial charge in [0.2, 0.25) is 10.0 Å². The van der Waals surface area contributed by atoms with Gasteiger partial charge in [-0.15, -0.1) is 0 Å². The van der Waals surface area contributed by atoms with Gasteiger partial charge in [0.15, 0.2) is 0 Å². The molecule has 0 bridgehead atoms. The first kappa shape index (κ1) is 19.6. The van der Waals surface area contributed by atoms with Gasteiger partial charge in [0.05, 0.1) is 4.90 Å². The van der Waals surface area contributed by atoms with E-state index in [9.17, 15) is 8.42 Å². The average Bonchev–Trinajstić information content (AvgIpc) is 2.59. The lowest BCUT2D eigenvalue weighted by Gasteiger charge is -2.25. The lowest BCUT2D eigenvalue weighted by molar-refractivity contribution is 0.429. The highest BCUT2D eigenvalue weighted by molar-refractivity contribution is 7.89. The lowest BCUT2D eigenvalue weighted by atomic mass is 9.95. The van der Waals surface area contributed by atoms with Gasteiger partial charge in [0.1, 0.15) is 0 Å². The zero-order chi connectivity index (χ0) is 18.8. The van der Waals surface area contributed by atoms with Crippen LogP contribution in [0, 0.1) is 34.6 Å². The van der Waals surface area contributed by atoms with Crippen molar-refractivity contribution in [3.8, 4) is 0 Å². The van der Waals surface area contributed by atoms with Crippen molar-refractivity contribution in [2.24, 2.45) is 0 Å². The summed E-state index contributed by atoms with van der Waals surface area (Å²) in [7, 11) is -3.54. The second-order valence-electron chi connectivity index (χ2n) is 6.52. The Morgan fingerprint density at radius 3 is 1.96 bits per heavy atom. The normalized spacial score (nSPS) is 12.0. The van der Waals surface area contributed by atoms with Crippen LogP contribution >= 0.6 is 0 Å². The van der Waals surface area contributed by atoms with Gasteiger partial charge in [0, 0.05) is 31.4 Å². The number of rotatable bonds is 6. The number of pyridine rings is 1. The number of hydrogen-bond acceptors (Lipinski definition) is 3. The fourth-order valence-corrected chi connectivity index (χ4v) is 5.22. The maximum absolute atomic E-state index is 13.3. The first-order valence-electron chi connectivity index (χ1n) is 8.68. The van der Waals surface area contributed by atoms with Crippen LogP contribution in [0.25, 0.3) is 0 Å². The number of benzene rings is 1. The molecular formula is C20H28N2O2S. The molecule has 0 unspecified atom stereocenters. The summed E-state index contributed by atoms with van der Waals surface area (Å²) in [5.74, 6) is 0. The summed E-state index contributed by atoms with van der Waals surface area (Å²) in [6.45, 7) is 12.6. The third-order valence-corrected chi connectivity index (χ3v) is 7.47. The molecule has 0 aliphatic rings. The topological polar surface area (TPSA) is 50.3 Å². The highest BCUT2D eigenvalue weighted by atomic mass is 32.2. The highest BCUT2D eigenvalue weighted by Gasteiger charge is 2.28. The Morgan fingerprint density at radius 2 is 1.48 bits per heavy atom. The van der Waals surface area contributed by atoms with Crippen LogP contribution in [0.5, 0.6) is 0 Å². The molecule has 0 aliphatic heterocycles. The molecule has 0 saturated heterocycles. The van der Waals surface area contributed by atoms with Gasteiger partial charge in [0.25, 0.3) is 0 Å². The zero-order valence-electron chi connectivity index (χ0n) is 16.0. The number of likely N-dealkylation sites (N-methyl/N-ethyl adjacent to an activating group) is 1. The van der Waals surface area contributed by atoms with E-state index in [4.69, 9.17) is 0 Å². The van der Waals surface area contributed by atoms with E-state index < -0.39 is 10.0 Å². The van der Waals surface area contributed by atoms with Crippen molar-refractivity contribution in [3.63, 3.8) is 0 Å². The van der Waals surface area contributed by atoms with E-state index in [0.717, 1.165) is 27.9 Å². The molecule has 0 spiro atoms. The molecule has 0 atom stereocenters. The molecule has 0 fully saturated rings.